The molecule has 4 nitrogen and oxygen atoms in total. The van der Waals surface area contributed by atoms with E-state index in [0.717, 1.165) is 19.4 Å². The Hall–Kier alpha value is -0.840. The molecule has 0 aromatic heterocycles. The highest BCUT2D eigenvalue weighted by atomic mass is 32.1. The molecule has 1 fully saturated rings. The summed E-state index contributed by atoms with van der Waals surface area (Å²) in [5.74, 6) is 0.135. The lowest BCUT2D eigenvalue weighted by Crippen LogP contribution is -2.45. The molecule has 5 heteroatoms. The van der Waals surface area contributed by atoms with Crippen molar-refractivity contribution in [2.45, 2.75) is 39.2 Å². The van der Waals surface area contributed by atoms with Gasteiger partial charge >= 0.3 is 6.09 Å². The van der Waals surface area contributed by atoms with Crippen molar-refractivity contribution in [1.82, 2.24) is 4.90 Å². The van der Waals surface area contributed by atoms with Gasteiger partial charge in [0.2, 0.25) is 0 Å². The molecule has 0 aromatic rings. The normalized spacial score (nSPS) is 21.7. The average Bonchev–Trinajstić information content (AvgIpc) is 2.15. The Morgan fingerprint density at radius 2 is 2.12 bits per heavy atom. The minimum atomic E-state index is -0.451. The quantitative estimate of drug-likeness (QED) is 0.716. The van der Waals surface area contributed by atoms with Gasteiger partial charge in [-0.2, -0.15) is 0 Å². The fourth-order valence-electron chi connectivity index (χ4n) is 1.70. The second-order valence-electron chi connectivity index (χ2n) is 5.17. The molecular weight excluding hydrogens is 224 g/mol. The van der Waals surface area contributed by atoms with E-state index in [0.29, 0.717) is 11.5 Å². The molecule has 0 unspecified atom stereocenters. The molecule has 1 atom stereocenters. The van der Waals surface area contributed by atoms with Crippen LogP contribution in [0.4, 0.5) is 4.79 Å². The average molecular weight is 244 g/mol. The Kier molecular flexibility index (Phi) is 4.13. The molecule has 1 aliphatic heterocycles. The third-order valence-electron chi connectivity index (χ3n) is 2.48. The maximum atomic E-state index is 11.8. The van der Waals surface area contributed by atoms with E-state index in [1.165, 1.54) is 0 Å². The van der Waals surface area contributed by atoms with E-state index in [2.05, 4.69) is 0 Å². The van der Waals surface area contributed by atoms with E-state index >= 15 is 0 Å². The first-order valence-electron chi connectivity index (χ1n) is 5.57. The lowest BCUT2D eigenvalue weighted by molar-refractivity contribution is 0.0194. The van der Waals surface area contributed by atoms with Gasteiger partial charge < -0.3 is 15.4 Å². The summed E-state index contributed by atoms with van der Waals surface area (Å²) >= 11 is 4.96. The zero-order valence-corrected chi connectivity index (χ0v) is 11.0. The van der Waals surface area contributed by atoms with Crippen LogP contribution in [0.2, 0.25) is 0 Å². The third-order valence-corrected chi connectivity index (χ3v) is 2.81. The first-order valence-corrected chi connectivity index (χ1v) is 5.97. The minimum absolute atomic E-state index is 0.135. The summed E-state index contributed by atoms with van der Waals surface area (Å²) in [6.07, 6.45) is 1.63. The number of ether oxygens (including phenoxy) is 1. The Morgan fingerprint density at radius 1 is 1.50 bits per heavy atom. The van der Waals surface area contributed by atoms with Gasteiger partial charge in [-0.3, -0.25) is 0 Å². The molecule has 0 bridgehead atoms. The topological polar surface area (TPSA) is 55.6 Å². The summed E-state index contributed by atoms with van der Waals surface area (Å²) < 4.78 is 5.31. The van der Waals surface area contributed by atoms with Gasteiger partial charge in [0.05, 0.1) is 4.99 Å². The van der Waals surface area contributed by atoms with Crippen molar-refractivity contribution in [3.63, 3.8) is 0 Å². The number of nitrogens with zero attached hydrogens (tertiary/aromatic N) is 1. The predicted octanol–water partition coefficient (Wildman–Crippen LogP) is 1.92. The summed E-state index contributed by atoms with van der Waals surface area (Å²) in [7, 11) is 0. The van der Waals surface area contributed by atoms with Crippen molar-refractivity contribution < 1.29 is 9.53 Å². The number of piperidine rings is 1. The van der Waals surface area contributed by atoms with Crippen LogP contribution in [0.3, 0.4) is 0 Å². The van der Waals surface area contributed by atoms with Crippen LogP contribution in [-0.4, -0.2) is 34.7 Å². The number of rotatable bonds is 1. The van der Waals surface area contributed by atoms with Crippen molar-refractivity contribution >= 4 is 23.3 Å². The standard InChI is InChI=1S/C11H20N2O2S/c1-11(2,3)15-10(14)13-6-4-5-8(7-13)9(12)16/h8H,4-7H2,1-3H3,(H2,12,16)/t8-/m0/s1. The second-order valence-corrected chi connectivity index (χ2v) is 5.64. The van der Waals surface area contributed by atoms with Gasteiger partial charge in [0, 0.05) is 19.0 Å². The van der Waals surface area contributed by atoms with E-state index in [1.54, 1.807) is 4.90 Å². The number of hydrogen-bond acceptors (Lipinski definition) is 3. The lowest BCUT2D eigenvalue weighted by atomic mass is 9.98. The van der Waals surface area contributed by atoms with E-state index in [1.807, 2.05) is 20.8 Å². The third kappa shape index (κ3) is 3.96. The first-order chi connectivity index (χ1) is 7.29. The summed E-state index contributed by atoms with van der Waals surface area (Å²) in [5.41, 5.74) is 5.16. The lowest BCUT2D eigenvalue weighted by Gasteiger charge is -2.33. The van der Waals surface area contributed by atoms with Crippen LogP contribution in [0, 0.1) is 5.92 Å². The number of thiocarbonyl (C=S) groups is 1. The van der Waals surface area contributed by atoms with Gasteiger partial charge in [0.25, 0.3) is 0 Å². The van der Waals surface area contributed by atoms with Crippen LogP contribution in [-0.2, 0) is 4.74 Å². The molecule has 1 aliphatic rings. The van der Waals surface area contributed by atoms with Gasteiger partial charge in [0.15, 0.2) is 0 Å². The largest absolute Gasteiger partial charge is 0.444 e. The van der Waals surface area contributed by atoms with Gasteiger partial charge in [0.1, 0.15) is 5.60 Å². The van der Waals surface area contributed by atoms with Crippen molar-refractivity contribution in [2.75, 3.05) is 13.1 Å². The maximum absolute atomic E-state index is 11.8. The van der Waals surface area contributed by atoms with E-state index in [4.69, 9.17) is 22.7 Å². The number of carbonyl (C=O) groups excluding carboxylic acids is 1. The summed E-state index contributed by atoms with van der Waals surface area (Å²) in [5, 5.41) is 0. The Labute approximate surface area is 102 Å². The maximum Gasteiger partial charge on any atom is 0.410 e. The van der Waals surface area contributed by atoms with E-state index in [-0.39, 0.29) is 12.0 Å². The van der Waals surface area contributed by atoms with Crippen LogP contribution in [0.5, 0.6) is 0 Å². The highest BCUT2D eigenvalue weighted by Crippen LogP contribution is 2.19. The number of amides is 1. The van der Waals surface area contributed by atoms with Crippen LogP contribution >= 0.6 is 12.2 Å². The molecule has 1 saturated heterocycles. The van der Waals surface area contributed by atoms with Crippen LogP contribution in [0.25, 0.3) is 0 Å². The van der Waals surface area contributed by atoms with Gasteiger partial charge in [-0.05, 0) is 33.6 Å². The summed E-state index contributed by atoms with van der Waals surface area (Å²) in [6, 6.07) is 0. The van der Waals surface area contributed by atoms with Gasteiger partial charge in [-0.25, -0.2) is 4.79 Å². The van der Waals surface area contributed by atoms with Crippen LogP contribution in [0.15, 0.2) is 0 Å². The number of carbonyl (C=O) groups is 1. The predicted molar refractivity (Wildman–Crippen MR) is 67.3 cm³/mol. The Bertz CT molecular complexity index is 286. The molecule has 0 aromatic carbocycles. The molecule has 16 heavy (non-hydrogen) atoms. The summed E-state index contributed by atoms with van der Waals surface area (Å²) in [6.45, 7) is 6.90. The second kappa shape index (κ2) is 4.99. The fourth-order valence-corrected chi connectivity index (χ4v) is 1.89. The Balaban J connectivity index is 2.54. The molecule has 2 N–H and O–H groups in total. The highest BCUT2D eigenvalue weighted by molar-refractivity contribution is 7.80. The molecule has 1 heterocycles. The van der Waals surface area contributed by atoms with Gasteiger partial charge in [-0.1, -0.05) is 12.2 Å². The van der Waals surface area contributed by atoms with Crippen molar-refractivity contribution in [3.05, 3.63) is 0 Å². The van der Waals surface area contributed by atoms with Crippen LogP contribution < -0.4 is 5.73 Å². The monoisotopic (exact) mass is 244 g/mol. The van der Waals surface area contributed by atoms with Crippen molar-refractivity contribution in [1.29, 1.82) is 0 Å². The van der Waals surface area contributed by atoms with E-state index < -0.39 is 5.60 Å². The van der Waals surface area contributed by atoms with Crippen molar-refractivity contribution in [2.24, 2.45) is 11.7 Å². The molecule has 0 aliphatic carbocycles. The SMILES string of the molecule is CC(C)(C)OC(=O)N1CCC[C@H](C(N)=S)C1. The minimum Gasteiger partial charge on any atom is -0.444 e. The molecule has 92 valence electrons. The molecule has 0 saturated carbocycles. The number of hydrogen-bond donors (Lipinski definition) is 1. The number of likely N-dealkylation sites (tertiary alicyclic amines) is 1. The van der Waals surface area contributed by atoms with Gasteiger partial charge in [-0.15, -0.1) is 0 Å². The smallest absolute Gasteiger partial charge is 0.410 e. The summed E-state index contributed by atoms with van der Waals surface area (Å²) in [4.78, 5) is 14.0. The molecule has 0 spiro atoms. The van der Waals surface area contributed by atoms with Crippen molar-refractivity contribution in [3.8, 4) is 0 Å². The first kappa shape index (κ1) is 13.2. The Morgan fingerprint density at radius 3 is 2.62 bits per heavy atom. The molecular formula is C11H20N2O2S. The zero-order valence-electron chi connectivity index (χ0n) is 10.2. The molecule has 0 radical (unpaired) electrons. The zero-order chi connectivity index (χ0) is 12.3. The highest BCUT2D eigenvalue weighted by Gasteiger charge is 2.28. The fraction of sp³-hybridized carbons (Fsp3) is 0.818. The van der Waals surface area contributed by atoms with Crippen LogP contribution in [0.1, 0.15) is 33.6 Å². The van der Waals surface area contributed by atoms with E-state index in [9.17, 15) is 4.79 Å². The number of nitrogens with two attached hydrogens (primary N) is 1. The molecule has 1 amide bonds. The molecule has 1 rings (SSSR count).